The summed E-state index contributed by atoms with van der Waals surface area (Å²) >= 11 is 1.41. The molecular formula is C21H22F2N4O2S. The number of nitrogens with one attached hydrogen (secondary N) is 1. The van der Waals surface area contributed by atoms with E-state index in [0.29, 0.717) is 27.8 Å². The van der Waals surface area contributed by atoms with Gasteiger partial charge in [-0.3, -0.25) is 0 Å². The number of thioether (sulfide) groups is 1. The number of halogens is 2. The SMILES string of the molecule is COc1cc(OC)c(F)c(-c2cc3cnc(SC)nc3c(NC(C)C3CC3)n2)c1F. The molecule has 1 aliphatic carbocycles. The average Bonchev–Trinajstić information content (AvgIpc) is 3.59. The van der Waals surface area contributed by atoms with Crippen molar-refractivity contribution < 1.29 is 18.3 Å². The maximum Gasteiger partial charge on any atom is 0.187 e. The van der Waals surface area contributed by atoms with Gasteiger partial charge in [0.25, 0.3) is 0 Å². The van der Waals surface area contributed by atoms with E-state index in [9.17, 15) is 0 Å². The van der Waals surface area contributed by atoms with Gasteiger partial charge < -0.3 is 14.8 Å². The number of aromatic nitrogens is 3. The number of nitrogens with zero attached hydrogens (tertiary/aromatic N) is 3. The summed E-state index contributed by atoms with van der Waals surface area (Å²) < 4.78 is 40.3. The van der Waals surface area contributed by atoms with Crippen molar-refractivity contribution in [2.75, 3.05) is 25.8 Å². The van der Waals surface area contributed by atoms with E-state index in [2.05, 4.69) is 27.2 Å². The lowest BCUT2D eigenvalue weighted by Gasteiger charge is -2.17. The van der Waals surface area contributed by atoms with Crippen molar-refractivity contribution in [3.8, 4) is 22.8 Å². The van der Waals surface area contributed by atoms with Crippen LogP contribution in [0.5, 0.6) is 11.5 Å². The van der Waals surface area contributed by atoms with E-state index in [0.717, 1.165) is 12.8 Å². The Balaban J connectivity index is 1.94. The highest BCUT2D eigenvalue weighted by molar-refractivity contribution is 7.98. The largest absolute Gasteiger partial charge is 0.494 e. The Hall–Kier alpha value is -2.68. The van der Waals surface area contributed by atoms with Crippen LogP contribution in [-0.2, 0) is 0 Å². The number of methoxy groups -OCH3 is 2. The fourth-order valence-corrected chi connectivity index (χ4v) is 3.73. The van der Waals surface area contributed by atoms with E-state index in [1.807, 2.05) is 6.26 Å². The van der Waals surface area contributed by atoms with Crippen molar-refractivity contribution in [2.45, 2.75) is 31.0 Å². The summed E-state index contributed by atoms with van der Waals surface area (Å²) in [7, 11) is 2.63. The number of hydrogen-bond donors (Lipinski definition) is 1. The minimum atomic E-state index is -0.842. The van der Waals surface area contributed by atoms with E-state index >= 15 is 8.78 Å². The number of benzene rings is 1. The van der Waals surface area contributed by atoms with Crippen molar-refractivity contribution in [3.63, 3.8) is 0 Å². The molecular weight excluding hydrogens is 410 g/mol. The quantitative estimate of drug-likeness (QED) is 0.420. The maximum absolute atomic E-state index is 15.1. The van der Waals surface area contributed by atoms with Crippen LogP contribution in [0.2, 0.25) is 0 Å². The Bertz CT molecular complexity index is 1080. The van der Waals surface area contributed by atoms with Gasteiger partial charge >= 0.3 is 0 Å². The van der Waals surface area contributed by atoms with Gasteiger partial charge in [-0.05, 0) is 38.0 Å². The first-order valence-electron chi connectivity index (χ1n) is 9.55. The first-order chi connectivity index (χ1) is 14.5. The third-order valence-corrected chi connectivity index (χ3v) is 5.81. The molecule has 0 bridgehead atoms. The Morgan fingerprint density at radius 3 is 2.33 bits per heavy atom. The Morgan fingerprint density at radius 2 is 1.77 bits per heavy atom. The van der Waals surface area contributed by atoms with Gasteiger partial charge in [-0.25, -0.2) is 23.7 Å². The van der Waals surface area contributed by atoms with Gasteiger partial charge in [-0.15, -0.1) is 0 Å². The third-order valence-electron chi connectivity index (χ3n) is 5.25. The molecule has 1 unspecified atom stereocenters. The van der Waals surface area contributed by atoms with Crippen LogP contribution in [0.15, 0.2) is 23.5 Å². The lowest BCUT2D eigenvalue weighted by molar-refractivity contribution is 0.359. The molecule has 30 heavy (non-hydrogen) atoms. The molecule has 0 saturated heterocycles. The standard InChI is InChI=1S/C21H22F2N4O2S/c1-10(11-5-6-11)25-20-19-12(9-24-21(27-19)30-4)7-13(26-20)16-17(22)14(28-2)8-15(29-3)18(16)23/h7-11H,5-6H2,1-4H3,(H,25,26). The molecule has 1 atom stereocenters. The van der Waals surface area contributed by atoms with E-state index in [1.165, 1.54) is 32.0 Å². The molecule has 6 nitrogen and oxygen atoms in total. The Kier molecular flexibility index (Phi) is 5.64. The van der Waals surface area contributed by atoms with Crippen molar-refractivity contribution in [1.29, 1.82) is 0 Å². The van der Waals surface area contributed by atoms with Crippen LogP contribution in [0.1, 0.15) is 19.8 Å². The van der Waals surface area contributed by atoms with Gasteiger partial charge in [0.15, 0.2) is 34.1 Å². The molecule has 0 spiro atoms. The molecule has 2 aromatic heterocycles. The van der Waals surface area contributed by atoms with Crippen LogP contribution in [0.4, 0.5) is 14.6 Å². The summed E-state index contributed by atoms with van der Waals surface area (Å²) in [6.07, 6.45) is 5.82. The first-order valence-corrected chi connectivity index (χ1v) is 10.8. The van der Waals surface area contributed by atoms with Crippen LogP contribution in [0, 0.1) is 17.6 Å². The number of ether oxygens (including phenoxy) is 2. The summed E-state index contributed by atoms with van der Waals surface area (Å²) in [4.78, 5) is 13.4. The minimum Gasteiger partial charge on any atom is -0.494 e. The molecule has 0 aliphatic heterocycles. The van der Waals surface area contributed by atoms with Gasteiger partial charge in [0.1, 0.15) is 5.52 Å². The highest BCUT2D eigenvalue weighted by Crippen LogP contribution is 2.39. The van der Waals surface area contributed by atoms with Gasteiger partial charge in [0, 0.05) is 23.7 Å². The predicted octanol–water partition coefficient (Wildman–Crippen LogP) is 4.92. The first kappa shape index (κ1) is 20.6. The van der Waals surface area contributed by atoms with Crippen molar-refractivity contribution in [3.05, 3.63) is 30.0 Å². The van der Waals surface area contributed by atoms with Crippen LogP contribution >= 0.6 is 11.8 Å². The molecule has 2 heterocycles. The van der Waals surface area contributed by atoms with Crippen LogP contribution < -0.4 is 14.8 Å². The number of fused-ring (bicyclic) bond motifs is 1. The smallest absolute Gasteiger partial charge is 0.187 e. The van der Waals surface area contributed by atoms with Crippen LogP contribution in [0.25, 0.3) is 22.2 Å². The highest BCUT2D eigenvalue weighted by atomic mass is 32.2. The van der Waals surface area contributed by atoms with Crippen molar-refractivity contribution >= 4 is 28.5 Å². The average molecular weight is 432 g/mol. The highest BCUT2D eigenvalue weighted by Gasteiger charge is 2.29. The Labute approximate surface area is 177 Å². The summed E-state index contributed by atoms with van der Waals surface area (Å²) in [5.41, 5.74) is 0.408. The molecule has 158 valence electrons. The molecule has 0 radical (unpaired) electrons. The van der Waals surface area contributed by atoms with E-state index in [1.54, 1.807) is 12.3 Å². The number of hydrogen-bond acceptors (Lipinski definition) is 7. The van der Waals surface area contributed by atoms with Gasteiger partial charge in [0.05, 0.1) is 25.5 Å². The summed E-state index contributed by atoms with van der Waals surface area (Å²) in [6.45, 7) is 2.07. The molecule has 1 fully saturated rings. The van der Waals surface area contributed by atoms with Crippen LogP contribution in [0.3, 0.4) is 0 Å². The second kappa shape index (κ2) is 8.22. The third kappa shape index (κ3) is 3.74. The molecule has 3 aromatic rings. The summed E-state index contributed by atoms with van der Waals surface area (Å²) in [5, 5.41) is 4.61. The lowest BCUT2D eigenvalue weighted by atomic mass is 10.1. The van der Waals surface area contributed by atoms with E-state index < -0.39 is 11.6 Å². The molecule has 0 amide bonds. The number of pyridine rings is 1. The molecule has 9 heteroatoms. The maximum atomic E-state index is 15.1. The zero-order valence-corrected chi connectivity index (χ0v) is 17.9. The Morgan fingerprint density at radius 1 is 1.10 bits per heavy atom. The molecule has 1 aliphatic rings. The second-order valence-corrected chi connectivity index (χ2v) is 7.98. The molecule has 4 rings (SSSR count). The zero-order valence-electron chi connectivity index (χ0n) is 17.1. The summed E-state index contributed by atoms with van der Waals surface area (Å²) in [6, 6.07) is 2.92. The van der Waals surface area contributed by atoms with Crippen molar-refractivity contribution in [2.24, 2.45) is 5.92 Å². The molecule has 1 saturated carbocycles. The number of anilines is 1. The zero-order chi connectivity index (χ0) is 21.4. The lowest BCUT2D eigenvalue weighted by Crippen LogP contribution is -2.19. The predicted molar refractivity (Wildman–Crippen MR) is 113 cm³/mol. The van der Waals surface area contributed by atoms with E-state index in [-0.39, 0.29) is 28.8 Å². The second-order valence-electron chi connectivity index (χ2n) is 7.21. The number of rotatable bonds is 7. The van der Waals surface area contributed by atoms with Gasteiger partial charge in [0.2, 0.25) is 0 Å². The molecule has 1 aromatic carbocycles. The summed E-state index contributed by atoms with van der Waals surface area (Å²) in [5.74, 6) is -0.908. The van der Waals surface area contributed by atoms with Crippen molar-refractivity contribution in [1.82, 2.24) is 15.0 Å². The van der Waals surface area contributed by atoms with Gasteiger partial charge in [-0.1, -0.05) is 11.8 Å². The van der Waals surface area contributed by atoms with E-state index in [4.69, 9.17) is 9.47 Å². The topological polar surface area (TPSA) is 69.2 Å². The fourth-order valence-electron chi connectivity index (χ4n) is 3.39. The monoisotopic (exact) mass is 432 g/mol. The van der Waals surface area contributed by atoms with Gasteiger partial charge in [-0.2, -0.15) is 0 Å². The fraction of sp³-hybridized carbons (Fsp3) is 0.381. The minimum absolute atomic E-state index is 0.112. The van der Waals surface area contributed by atoms with Crippen LogP contribution in [-0.4, -0.2) is 41.5 Å². The molecule has 1 N–H and O–H groups in total. The normalized spacial score (nSPS) is 14.6.